The maximum absolute atomic E-state index is 11.9. The van der Waals surface area contributed by atoms with Gasteiger partial charge >= 0.3 is 12.0 Å². The van der Waals surface area contributed by atoms with Crippen LogP contribution in [0.25, 0.3) is 0 Å². The molecular formula is C13H19N3O3S. The number of rotatable bonds is 4. The van der Waals surface area contributed by atoms with Gasteiger partial charge in [0.1, 0.15) is 10.5 Å². The molecule has 110 valence electrons. The Morgan fingerprint density at radius 1 is 1.30 bits per heavy atom. The Bertz CT molecular complexity index is 453. The van der Waals surface area contributed by atoms with Crippen molar-refractivity contribution in [3.8, 4) is 0 Å². The fraction of sp³-hybridized carbons (Fsp3) is 0.615. The van der Waals surface area contributed by atoms with Crippen LogP contribution < -0.4 is 10.6 Å². The molecule has 1 fully saturated rings. The molecule has 1 saturated carbocycles. The summed E-state index contributed by atoms with van der Waals surface area (Å²) < 4.78 is 0. The monoisotopic (exact) mass is 297 g/mol. The molecule has 2 amide bonds. The van der Waals surface area contributed by atoms with Crippen molar-refractivity contribution in [1.82, 2.24) is 15.6 Å². The predicted octanol–water partition coefficient (Wildman–Crippen LogP) is 2.12. The molecule has 0 spiro atoms. The maximum atomic E-state index is 11.9. The first kappa shape index (κ1) is 14.8. The Morgan fingerprint density at radius 2 is 2.00 bits per heavy atom. The number of carbonyl (C=O) groups excluding carboxylic acids is 1. The van der Waals surface area contributed by atoms with Crippen molar-refractivity contribution in [3.63, 3.8) is 0 Å². The highest BCUT2D eigenvalue weighted by Crippen LogP contribution is 2.27. The number of hydrogen-bond donors (Lipinski definition) is 3. The molecule has 3 N–H and O–H groups in total. The lowest BCUT2D eigenvalue weighted by atomic mass is 9.90. The maximum Gasteiger partial charge on any atom is 0.329 e. The van der Waals surface area contributed by atoms with E-state index in [2.05, 4.69) is 15.6 Å². The summed E-state index contributed by atoms with van der Waals surface area (Å²) in [5.41, 5.74) is -1.12. The number of amides is 2. The van der Waals surface area contributed by atoms with Crippen LogP contribution in [-0.2, 0) is 11.3 Å². The molecule has 1 aliphatic rings. The number of carbonyl (C=O) groups is 2. The molecule has 0 aromatic carbocycles. The number of urea groups is 1. The van der Waals surface area contributed by atoms with E-state index in [-0.39, 0.29) is 0 Å². The summed E-state index contributed by atoms with van der Waals surface area (Å²) >= 11 is 1.45. The molecule has 1 aromatic rings. The van der Waals surface area contributed by atoms with Gasteiger partial charge in [0.15, 0.2) is 0 Å². The number of thiazole rings is 1. The highest BCUT2D eigenvalue weighted by atomic mass is 32.1. The van der Waals surface area contributed by atoms with E-state index >= 15 is 0 Å². The number of hydrogen-bond acceptors (Lipinski definition) is 4. The number of carboxylic acids is 1. The molecule has 1 heterocycles. The summed E-state index contributed by atoms with van der Waals surface area (Å²) in [6, 6.07) is -0.440. The van der Waals surface area contributed by atoms with E-state index in [4.69, 9.17) is 0 Å². The van der Waals surface area contributed by atoms with Crippen LogP contribution in [0.15, 0.2) is 11.6 Å². The predicted molar refractivity (Wildman–Crippen MR) is 75.6 cm³/mol. The molecule has 7 heteroatoms. The van der Waals surface area contributed by atoms with Crippen LogP contribution in [-0.4, -0.2) is 27.6 Å². The first-order valence-electron chi connectivity index (χ1n) is 6.80. The fourth-order valence-electron chi connectivity index (χ4n) is 2.48. The fourth-order valence-corrected chi connectivity index (χ4v) is 3.04. The van der Waals surface area contributed by atoms with Crippen LogP contribution in [0.3, 0.4) is 0 Å². The topological polar surface area (TPSA) is 91.3 Å². The van der Waals surface area contributed by atoms with E-state index in [1.165, 1.54) is 11.3 Å². The Labute approximate surface area is 121 Å². The normalized spacial score (nSPS) is 18.0. The van der Waals surface area contributed by atoms with Gasteiger partial charge in [0.05, 0.1) is 6.54 Å². The van der Waals surface area contributed by atoms with Crippen molar-refractivity contribution in [2.24, 2.45) is 0 Å². The lowest BCUT2D eigenvalue weighted by Gasteiger charge is -2.29. The van der Waals surface area contributed by atoms with Gasteiger partial charge in [-0.05, 0) is 12.8 Å². The lowest BCUT2D eigenvalue weighted by molar-refractivity contribution is -0.145. The van der Waals surface area contributed by atoms with Gasteiger partial charge in [-0.1, -0.05) is 25.7 Å². The van der Waals surface area contributed by atoms with Gasteiger partial charge in [-0.2, -0.15) is 0 Å². The molecule has 1 aliphatic carbocycles. The second-order valence-electron chi connectivity index (χ2n) is 5.03. The largest absolute Gasteiger partial charge is 0.480 e. The van der Waals surface area contributed by atoms with Crippen molar-refractivity contribution >= 4 is 23.3 Å². The van der Waals surface area contributed by atoms with E-state index in [0.29, 0.717) is 19.4 Å². The summed E-state index contributed by atoms with van der Waals surface area (Å²) in [7, 11) is 0. The van der Waals surface area contributed by atoms with Crippen LogP contribution in [0.4, 0.5) is 4.79 Å². The minimum Gasteiger partial charge on any atom is -0.480 e. The van der Waals surface area contributed by atoms with Gasteiger partial charge in [0.2, 0.25) is 0 Å². The summed E-state index contributed by atoms with van der Waals surface area (Å²) in [4.78, 5) is 27.5. The van der Waals surface area contributed by atoms with E-state index in [9.17, 15) is 14.7 Å². The van der Waals surface area contributed by atoms with Crippen molar-refractivity contribution in [2.45, 2.75) is 50.6 Å². The SMILES string of the molecule is O=C(NCc1nccs1)NC1(C(=O)O)CCCCCC1. The summed E-state index contributed by atoms with van der Waals surface area (Å²) in [5.74, 6) is -0.941. The van der Waals surface area contributed by atoms with Crippen molar-refractivity contribution < 1.29 is 14.7 Å². The van der Waals surface area contributed by atoms with Crippen LogP contribution >= 0.6 is 11.3 Å². The van der Waals surface area contributed by atoms with Crippen LogP contribution in [0.1, 0.15) is 43.5 Å². The zero-order valence-corrected chi connectivity index (χ0v) is 12.0. The quantitative estimate of drug-likeness (QED) is 0.742. The average molecular weight is 297 g/mol. The molecule has 0 saturated heterocycles. The zero-order chi connectivity index (χ0) is 14.4. The van der Waals surface area contributed by atoms with Crippen molar-refractivity contribution in [2.75, 3.05) is 0 Å². The van der Waals surface area contributed by atoms with Crippen LogP contribution in [0, 0.1) is 0 Å². The van der Waals surface area contributed by atoms with Crippen LogP contribution in [0.5, 0.6) is 0 Å². The van der Waals surface area contributed by atoms with Crippen LogP contribution in [0.2, 0.25) is 0 Å². The molecule has 0 unspecified atom stereocenters. The Hall–Kier alpha value is -1.63. The molecule has 0 atom stereocenters. The molecular weight excluding hydrogens is 278 g/mol. The van der Waals surface area contributed by atoms with Gasteiger partial charge < -0.3 is 15.7 Å². The third kappa shape index (κ3) is 3.69. The number of carboxylic acid groups (broad SMARTS) is 1. The minimum atomic E-state index is -1.12. The molecule has 1 aromatic heterocycles. The highest BCUT2D eigenvalue weighted by molar-refractivity contribution is 7.09. The van der Waals surface area contributed by atoms with Crippen molar-refractivity contribution in [3.05, 3.63) is 16.6 Å². The molecule has 0 radical (unpaired) electrons. The second-order valence-corrected chi connectivity index (χ2v) is 6.01. The number of nitrogens with zero attached hydrogens (tertiary/aromatic N) is 1. The zero-order valence-electron chi connectivity index (χ0n) is 11.2. The molecule has 0 aliphatic heterocycles. The van der Waals surface area contributed by atoms with E-state index in [0.717, 1.165) is 30.7 Å². The molecule has 20 heavy (non-hydrogen) atoms. The third-order valence-electron chi connectivity index (χ3n) is 3.60. The van der Waals surface area contributed by atoms with Gasteiger partial charge in [-0.25, -0.2) is 14.6 Å². The molecule has 6 nitrogen and oxygen atoms in total. The highest BCUT2D eigenvalue weighted by Gasteiger charge is 2.40. The van der Waals surface area contributed by atoms with E-state index in [1.807, 2.05) is 5.38 Å². The summed E-state index contributed by atoms with van der Waals surface area (Å²) in [6.07, 6.45) is 6.37. The van der Waals surface area contributed by atoms with Gasteiger partial charge in [0, 0.05) is 11.6 Å². The first-order chi connectivity index (χ1) is 9.62. The Kier molecular flexibility index (Phi) is 4.94. The Balaban J connectivity index is 1.93. The smallest absolute Gasteiger partial charge is 0.329 e. The summed E-state index contributed by atoms with van der Waals surface area (Å²) in [5, 5.41) is 17.4. The minimum absolute atomic E-state index is 0.319. The third-order valence-corrected chi connectivity index (χ3v) is 4.38. The van der Waals surface area contributed by atoms with E-state index in [1.54, 1.807) is 6.20 Å². The van der Waals surface area contributed by atoms with Gasteiger partial charge in [-0.3, -0.25) is 0 Å². The number of aromatic nitrogens is 1. The van der Waals surface area contributed by atoms with E-state index < -0.39 is 17.5 Å². The summed E-state index contributed by atoms with van der Waals surface area (Å²) in [6.45, 7) is 0.319. The average Bonchev–Trinajstić information content (AvgIpc) is 2.82. The first-order valence-corrected chi connectivity index (χ1v) is 7.68. The Morgan fingerprint density at radius 3 is 2.55 bits per heavy atom. The van der Waals surface area contributed by atoms with Crippen molar-refractivity contribution in [1.29, 1.82) is 0 Å². The number of nitrogens with one attached hydrogen (secondary N) is 2. The van der Waals surface area contributed by atoms with Gasteiger partial charge in [-0.15, -0.1) is 11.3 Å². The standard InChI is InChI=1S/C13H19N3O3S/c17-11(18)13(5-3-1-2-4-6-13)16-12(19)15-9-10-14-7-8-20-10/h7-8H,1-6,9H2,(H,17,18)(H2,15,16,19). The molecule has 0 bridgehead atoms. The lowest BCUT2D eigenvalue weighted by Crippen LogP contribution is -2.56. The van der Waals surface area contributed by atoms with Gasteiger partial charge in [0.25, 0.3) is 0 Å². The molecule has 2 rings (SSSR count). The second kappa shape index (κ2) is 6.69. The number of aliphatic carboxylic acids is 1.